The van der Waals surface area contributed by atoms with Crippen molar-refractivity contribution >= 4 is 11.9 Å². The lowest BCUT2D eigenvalue weighted by molar-refractivity contribution is -0.140. The van der Waals surface area contributed by atoms with Crippen LogP contribution in [0.4, 0.5) is 0 Å². The number of fused-ring (bicyclic) bond motifs is 1. The molecular weight excluding hydrogens is 328 g/mol. The summed E-state index contributed by atoms with van der Waals surface area (Å²) in [5.74, 6) is -0.581. The van der Waals surface area contributed by atoms with Crippen LogP contribution in [0.5, 0.6) is 0 Å². The fourth-order valence-corrected chi connectivity index (χ4v) is 3.42. The molecule has 1 aliphatic carbocycles. The molecule has 2 rings (SSSR count). The molecule has 2 aliphatic rings. The Hall–Kier alpha value is -2.10. The van der Waals surface area contributed by atoms with Gasteiger partial charge in [-0.15, -0.1) is 0 Å². The third-order valence-electron chi connectivity index (χ3n) is 5.05. The van der Waals surface area contributed by atoms with Crippen molar-refractivity contribution in [3.05, 3.63) is 47.1 Å². The minimum atomic E-state index is -0.287. The zero-order valence-electron chi connectivity index (χ0n) is 16.2. The summed E-state index contributed by atoms with van der Waals surface area (Å²) in [7, 11) is 0. The highest BCUT2D eigenvalue weighted by Crippen LogP contribution is 2.34. The van der Waals surface area contributed by atoms with Gasteiger partial charge < -0.3 is 9.47 Å². The van der Waals surface area contributed by atoms with E-state index in [1.165, 1.54) is 18.1 Å². The van der Waals surface area contributed by atoms with Gasteiger partial charge in [0.2, 0.25) is 0 Å². The largest absolute Gasteiger partial charge is 0.461 e. The highest BCUT2D eigenvalue weighted by atomic mass is 16.6. The zero-order chi connectivity index (χ0) is 19.1. The average molecular weight is 358 g/mol. The van der Waals surface area contributed by atoms with Gasteiger partial charge in [-0.25, -0.2) is 4.79 Å². The van der Waals surface area contributed by atoms with Crippen molar-refractivity contribution in [2.45, 2.75) is 65.4 Å². The Balaban J connectivity index is 2.22. The molecule has 2 unspecified atom stereocenters. The van der Waals surface area contributed by atoms with Crippen molar-refractivity contribution in [1.29, 1.82) is 0 Å². The molecule has 0 aromatic heterocycles. The van der Waals surface area contributed by atoms with Crippen LogP contribution in [0.1, 0.15) is 59.3 Å². The smallest absolute Gasteiger partial charge is 0.334 e. The molecule has 1 fully saturated rings. The first-order valence-corrected chi connectivity index (χ1v) is 9.39. The van der Waals surface area contributed by atoms with E-state index in [0.717, 1.165) is 37.7 Å². The molecular formula is C22H30O4. The lowest BCUT2D eigenvalue weighted by Gasteiger charge is -2.18. The fraction of sp³-hybridized carbons (Fsp3) is 0.545. The van der Waals surface area contributed by atoms with Crippen LogP contribution in [-0.4, -0.2) is 24.6 Å². The normalized spacial score (nSPS) is 31.3. The van der Waals surface area contributed by atoms with Gasteiger partial charge in [-0.2, -0.15) is 0 Å². The van der Waals surface area contributed by atoms with E-state index in [-0.39, 0.29) is 24.0 Å². The van der Waals surface area contributed by atoms with Gasteiger partial charge >= 0.3 is 11.9 Å². The highest BCUT2D eigenvalue weighted by Gasteiger charge is 2.37. The molecule has 0 bridgehead atoms. The van der Waals surface area contributed by atoms with Crippen molar-refractivity contribution in [3.8, 4) is 0 Å². The second-order valence-electron chi connectivity index (χ2n) is 7.34. The molecule has 0 radical (unpaired) electrons. The minimum Gasteiger partial charge on any atom is -0.461 e. The van der Waals surface area contributed by atoms with E-state index in [2.05, 4.69) is 38.7 Å². The summed E-state index contributed by atoms with van der Waals surface area (Å²) in [5.41, 5.74) is 4.25. The van der Waals surface area contributed by atoms with Crippen LogP contribution in [-0.2, 0) is 19.1 Å². The molecule has 142 valence electrons. The predicted molar refractivity (Wildman–Crippen MR) is 102 cm³/mol. The maximum atomic E-state index is 12.0. The van der Waals surface area contributed by atoms with Crippen molar-refractivity contribution in [3.63, 3.8) is 0 Å². The number of carbonyl (C=O) groups excluding carboxylic acids is 2. The summed E-state index contributed by atoms with van der Waals surface area (Å²) < 4.78 is 10.8. The molecule has 4 nitrogen and oxygen atoms in total. The SMILES string of the molecule is C=C1C(=O)OC2C/C(C)=C/CC/C(C)=C/CC/C(COC(C)=O)=C/CC12. The van der Waals surface area contributed by atoms with Gasteiger partial charge in [-0.1, -0.05) is 36.0 Å². The summed E-state index contributed by atoms with van der Waals surface area (Å²) in [5, 5.41) is 0. The first-order chi connectivity index (χ1) is 12.4. The number of allylic oxidation sites excluding steroid dienone is 4. The van der Waals surface area contributed by atoms with E-state index in [4.69, 9.17) is 9.47 Å². The van der Waals surface area contributed by atoms with Gasteiger partial charge in [-0.05, 0) is 51.5 Å². The summed E-state index contributed by atoms with van der Waals surface area (Å²) >= 11 is 0. The lowest BCUT2D eigenvalue weighted by atomic mass is 9.88. The predicted octanol–water partition coefficient (Wildman–Crippen LogP) is 4.82. The summed E-state index contributed by atoms with van der Waals surface area (Å²) in [6.07, 6.45) is 11.7. The Kier molecular flexibility index (Phi) is 7.43. The second-order valence-corrected chi connectivity index (χ2v) is 7.34. The molecule has 1 aliphatic heterocycles. The van der Waals surface area contributed by atoms with Crippen LogP contribution >= 0.6 is 0 Å². The average Bonchev–Trinajstić information content (AvgIpc) is 2.83. The van der Waals surface area contributed by atoms with Crippen LogP contribution in [0.25, 0.3) is 0 Å². The molecule has 0 N–H and O–H groups in total. The van der Waals surface area contributed by atoms with Gasteiger partial charge in [0.15, 0.2) is 0 Å². The van der Waals surface area contributed by atoms with Gasteiger partial charge in [-0.3, -0.25) is 4.79 Å². The van der Waals surface area contributed by atoms with Gasteiger partial charge in [0.1, 0.15) is 12.7 Å². The lowest BCUT2D eigenvalue weighted by Crippen LogP contribution is -2.17. The maximum absolute atomic E-state index is 12.0. The Labute approximate surface area is 156 Å². The third-order valence-corrected chi connectivity index (χ3v) is 5.05. The highest BCUT2D eigenvalue weighted by molar-refractivity contribution is 5.90. The molecule has 1 heterocycles. The number of carbonyl (C=O) groups is 2. The molecule has 0 amide bonds. The number of ether oxygens (including phenoxy) is 2. The fourth-order valence-electron chi connectivity index (χ4n) is 3.42. The zero-order valence-corrected chi connectivity index (χ0v) is 16.2. The Bertz CT molecular complexity index is 651. The Morgan fingerprint density at radius 2 is 1.88 bits per heavy atom. The topological polar surface area (TPSA) is 52.6 Å². The van der Waals surface area contributed by atoms with Crippen LogP contribution in [0.2, 0.25) is 0 Å². The minimum absolute atomic E-state index is 0.0154. The molecule has 26 heavy (non-hydrogen) atoms. The summed E-state index contributed by atoms with van der Waals surface area (Å²) in [6, 6.07) is 0. The quantitative estimate of drug-likeness (QED) is 0.403. The third kappa shape index (κ3) is 6.01. The van der Waals surface area contributed by atoms with Crippen molar-refractivity contribution in [2.75, 3.05) is 6.61 Å². The second kappa shape index (κ2) is 9.56. The molecule has 2 atom stereocenters. The van der Waals surface area contributed by atoms with Crippen LogP contribution < -0.4 is 0 Å². The Morgan fingerprint density at radius 3 is 2.62 bits per heavy atom. The molecule has 0 spiro atoms. The van der Waals surface area contributed by atoms with E-state index in [9.17, 15) is 9.59 Å². The monoisotopic (exact) mass is 358 g/mol. The molecule has 4 heteroatoms. The first-order valence-electron chi connectivity index (χ1n) is 9.39. The number of hydrogen-bond donors (Lipinski definition) is 0. The number of hydrogen-bond acceptors (Lipinski definition) is 4. The van der Waals surface area contributed by atoms with E-state index >= 15 is 0 Å². The van der Waals surface area contributed by atoms with E-state index in [1.807, 2.05) is 0 Å². The molecule has 0 aromatic carbocycles. The van der Waals surface area contributed by atoms with Crippen molar-refractivity contribution < 1.29 is 19.1 Å². The van der Waals surface area contributed by atoms with Crippen molar-refractivity contribution in [2.24, 2.45) is 5.92 Å². The van der Waals surface area contributed by atoms with Crippen molar-refractivity contribution in [1.82, 2.24) is 0 Å². The summed E-state index contributed by atoms with van der Waals surface area (Å²) in [6.45, 7) is 9.92. The van der Waals surface area contributed by atoms with Gasteiger partial charge in [0, 0.05) is 24.8 Å². The molecule has 1 saturated heterocycles. The van der Waals surface area contributed by atoms with Crippen LogP contribution in [0.15, 0.2) is 47.1 Å². The van der Waals surface area contributed by atoms with Crippen LogP contribution in [0, 0.1) is 5.92 Å². The number of rotatable bonds is 2. The first kappa shape index (κ1) is 20.2. The molecule has 0 saturated carbocycles. The standard InChI is InChI=1S/C22H30O4/c1-15-7-5-9-16(2)13-21-20(17(3)22(24)26-21)12-11-19(10-6-8-15)14-25-18(4)23/h8-9,11,20-21H,3,5-7,10,12-14H2,1-2,4H3/b15-8+,16-9+,19-11-. The Morgan fingerprint density at radius 1 is 1.19 bits per heavy atom. The van der Waals surface area contributed by atoms with E-state index in [0.29, 0.717) is 18.6 Å². The summed E-state index contributed by atoms with van der Waals surface area (Å²) in [4.78, 5) is 23.2. The van der Waals surface area contributed by atoms with Gasteiger partial charge in [0.05, 0.1) is 0 Å². The van der Waals surface area contributed by atoms with Crippen LogP contribution in [0.3, 0.4) is 0 Å². The van der Waals surface area contributed by atoms with E-state index in [1.54, 1.807) is 0 Å². The van der Waals surface area contributed by atoms with E-state index < -0.39 is 0 Å². The maximum Gasteiger partial charge on any atom is 0.334 e. The molecule has 0 aromatic rings. The van der Waals surface area contributed by atoms with Gasteiger partial charge in [0.25, 0.3) is 0 Å². The number of esters is 2.